The molecule has 0 unspecified atom stereocenters. The molecule has 0 aliphatic rings. The van der Waals surface area contributed by atoms with Gasteiger partial charge in [-0.25, -0.2) is 4.98 Å². The number of fused-ring (bicyclic) bond motifs is 1. The van der Waals surface area contributed by atoms with Crippen LogP contribution in [0.4, 0.5) is 0 Å². The van der Waals surface area contributed by atoms with Crippen LogP contribution in [0.3, 0.4) is 0 Å². The Balaban J connectivity index is 1.70. The number of carbonyl (C=O) groups excluding carboxylic acids is 1. The predicted molar refractivity (Wildman–Crippen MR) is 84.8 cm³/mol. The minimum atomic E-state index is -0.180. The van der Waals surface area contributed by atoms with Gasteiger partial charge in [-0.3, -0.25) is 4.79 Å². The van der Waals surface area contributed by atoms with E-state index in [1.807, 2.05) is 12.3 Å². The fraction of sp³-hybridized carbons (Fsp3) is 0.294. The lowest BCUT2D eigenvalue weighted by molar-refractivity contribution is 0.0926. The molecule has 5 nitrogen and oxygen atoms in total. The summed E-state index contributed by atoms with van der Waals surface area (Å²) in [5.41, 5.74) is 2.22. The second-order valence-corrected chi connectivity index (χ2v) is 5.21. The zero-order valence-corrected chi connectivity index (χ0v) is 12.6. The smallest absolute Gasteiger partial charge is 0.286 e. The molecule has 3 heterocycles. The van der Waals surface area contributed by atoms with Crippen molar-refractivity contribution < 1.29 is 9.21 Å². The summed E-state index contributed by atoms with van der Waals surface area (Å²) in [5.74, 6) is 0.162. The molecule has 0 saturated carbocycles. The van der Waals surface area contributed by atoms with E-state index in [4.69, 9.17) is 4.42 Å². The number of nitrogens with one attached hydrogen (secondary N) is 1. The van der Waals surface area contributed by atoms with E-state index in [-0.39, 0.29) is 5.91 Å². The summed E-state index contributed by atoms with van der Waals surface area (Å²) >= 11 is 0. The van der Waals surface area contributed by atoms with Gasteiger partial charge in [0.15, 0.2) is 5.76 Å². The van der Waals surface area contributed by atoms with Crippen molar-refractivity contribution in [3.63, 3.8) is 0 Å². The van der Waals surface area contributed by atoms with Crippen molar-refractivity contribution in [1.82, 2.24) is 14.9 Å². The fourth-order valence-electron chi connectivity index (χ4n) is 2.61. The van der Waals surface area contributed by atoms with Crippen LogP contribution in [0.25, 0.3) is 11.0 Å². The van der Waals surface area contributed by atoms with Gasteiger partial charge >= 0.3 is 0 Å². The molecule has 0 saturated heterocycles. The van der Waals surface area contributed by atoms with Gasteiger partial charge < -0.3 is 14.3 Å². The highest BCUT2D eigenvalue weighted by atomic mass is 16.3. The quantitative estimate of drug-likeness (QED) is 0.761. The minimum absolute atomic E-state index is 0.180. The first-order valence-corrected chi connectivity index (χ1v) is 7.54. The summed E-state index contributed by atoms with van der Waals surface area (Å²) < 4.78 is 7.26. The molecule has 0 aromatic carbocycles. The molecule has 1 N–H and O–H groups in total. The molecule has 0 fully saturated rings. The Morgan fingerprint density at radius 2 is 2.27 bits per heavy atom. The van der Waals surface area contributed by atoms with Gasteiger partial charge in [0.05, 0.1) is 6.26 Å². The normalized spacial score (nSPS) is 11.0. The zero-order chi connectivity index (χ0) is 15.4. The number of hydrogen-bond acceptors (Lipinski definition) is 3. The Morgan fingerprint density at radius 3 is 3.05 bits per heavy atom. The van der Waals surface area contributed by atoms with Crippen molar-refractivity contribution in [2.45, 2.75) is 26.3 Å². The second-order valence-electron chi connectivity index (χ2n) is 5.21. The van der Waals surface area contributed by atoms with Crippen LogP contribution in [0.5, 0.6) is 0 Å². The Bertz CT molecular complexity index is 759. The molecule has 3 rings (SSSR count). The number of hydrogen-bond donors (Lipinski definition) is 1. The van der Waals surface area contributed by atoms with Crippen LogP contribution in [0.2, 0.25) is 0 Å². The van der Waals surface area contributed by atoms with Crippen molar-refractivity contribution in [2.24, 2.45) is 0 Å². The van der Waals surface area contributed by atoms with E-state index in [0.717, 1.165) is 30.4 Å². The summed E-state index contributed by atoms with van der Waals surface area (Å²) in [6, 6.07) is 7.40. The average molecular weight is 297 g/mol. The summed E-state index contributed by atoms with van der Waals surface area (Å²) in [6.45, 7) is 3.67. The van der Waals surface area contributed by atoms with E-state index < -0.39 is 0 Å². The first-order chi connectivity index (χ1) is 10.8. The molecule has 0 radical (unpaired) electrons. The maximum Gasteiger partial charge on any atom is 0.286 e. The van der Waals surface area contributed by atoms with Crippen LogP contribution < -0.4 is 5.32 Å². The molecule has 3 aromatic heterocycles. The van der Waals surface area contributed by atoms with E-state index in [1.54, 1.807) is 12.1 Å². The maximum atomic E-state index is 11.8. The van der Waals surface area contributed by atoms with Crippen LogP contribution in [0, 0.1) is 0 Å². The highest BCUT2D eigenvalue weighted by Gasteiger charge is 2.11. The van der Waals surface area contributed by atoms with Gasteiger partial charge in [-0.05, 0) is 42.7 Å². The van der Waals surface area contributed by atoms with Gasteiger partial charge in [0.1, 0.15) is 5.65 Å². The Morgan fingerprint density at radius 1 is 1.36 bits per heavy atom. The molecule has 0 bridgehead atoms. The second kappa shape index (κ2) is 6.47. The van der Waals surface area contributed by atoms with E-state index in [0.29, 0.717) is 12.3 Å². The number of furan rings is 1. The average Bonchev–Trinajstić information content (AvgIpc) is 3.17. The third kappa shape index (κ3) is 2.88. The van der Waals surface area contributed by atoms with Crippen LogP contribution in [-0.2, 0) is 13.0 Å². The maximum absolute atomic E-state index is 11.8. The van der Waals surface area contributed by atoms with Crippen LogP contribution in [0.1, 0.15) is 29.5 Å². The lowest BCUT2D eigenvalue weighted by Gasteiger charge is -2.02. The Labute approximate surface area is 129 Å². The lowest BCUT2D eigenvalue weighted by Crippen LogP contribution is -2.25. The molecular weight excluding hydrogens is 278 g/mol. The van der Waals surface area contributed by atoms with Crippen molar-refractivity contribution in [1.29, 1.82) is 0 Å². The molecule has 1 amide bonds. The predicted octanol–water partition coefficient (Wildman–Crippen LogP) is 3.01. The molecule has 5 heteroatoms. The van der Waals surface area contributed by atoms with E-state index in [1.165, 1.54) is 11.8 Å². The number of nitrogens with zero attached hydrogens (tertiary/aromatic N) is 2. The largest absolute Gasteiger partial charge is 0.459 e. The monoisotopic (exact) mass is 297 g/mol. The first-order valence-electron chi connectivity index (χ1n) is 7.54. The van der Waals surface area contributed by atoms with Crippen molar-refractivity contribution in [3.8, 4) is 0 Å². The summed E-state index contributed by atoms with van der Waals surface area (Å²) in [4.78, 5) is 16.3. The van der Waals surface area contributed by atoms with Gasteiger partial charge in [-0.2, -0.15) is 0 Å². The van der Waals surface area contributed by atoms with Crippen molar-refractivity contribution in [2.75, 3.05) is 6.54 Å². The highest BCUT2D eigenvalue weighted by molar-refractivity contribution is 5.91. The van der Waals surface area contributed by atoms with Gasteiger partial charge in [0.25, 0.3) is 5.91 Å². The first kappa shape index (κ1) is 14.4. The zero-order valence-electron chi connectivity index (χ0n) is 12.6. The van der Waals surface area contributed by atoms with E-state index in [9.17, 15) is 4.79 Å². The SMILES string of the molecule is CCCn1cc(CCNC(=O)c2ccco2)c2cccnc21. The molecule has 0 atom stereocenters. The van der Waals surface area contributed by atoms with Crippen LogP contribution >= 0.6 is 0 Å². The molecule has 114 valence electrons. The molecule has 22 heavy (non-hydrogen) atoms. The summed E-state index contributed by atoms with van der Waals surface area (Å²) in [5, 5.41) is 4.03. The van der Waals surface area contributed by atoms with Crippen molar-refractivity contribution >= 4 is 16.9 Å². The number of aryl methyl sites for hydroxylation is 1. The lowest BCUT2D eigenvalue weighted by atomic mass is 10.1. The molecular formula is C17H19N3O2. The molecule has 0 spiro atoms. The van der Waals surface area contributed by atoms with E-state index in [2.05, 4.69) is 34.1 Å². The van der Waals surface area contributed by atoms with E-state index >= 15 is 0 Å². The number of rotatable bonds is 6. The minimum Gasteiger partial charge on any atom is -0.459 e. The third-order valence-electron chi connectivity index (χ3n) is 3.61. The summed E-state index contributed by atoms with van der Waals surface area (Å²) in [7, 11) is 0. The Hall–Kier alpha value is -2.56. The van der Waals surface area contributed by atoms with Gasteiger partial charge in [-0.15, -0.1) is 0 Å². The van der Waals surface area contributed by atoms with Crippen molar-refractivity contribution in [3.05, 3.63) is 54.2 Å². The van der Waals surface area contributed by atoms with Crippen LogP contribution in [0.15, 0.2) is 47.3 Å². The number of pyridine rings is 1. The number of carbonyl (C=O) groups is 1. The molecule has 0 aliphatic heterocycles. The molecule has 3 aromatic rings. The van der Waals surface area contributed by atoms with Gasteiger partial charge in [-0.1, -0.05) is 6.92 Å². The third-order valence-corrected chi connectivity index (χ3v) is 3.61. The standard InChI is InChI=1S/C17H19N3O2/c1-2-10-20-12-13(14-5-3-8-18-16(14)20)7-9-19-17(21)15-6-4-11-22-15/h3-6,8,11-12H,2,7,9-10H2,1H3,(H,19,21). The fourth-order valence-corrected chi connectivity index (χ4v) is 2.61. The summed E-state index contributed by atoms with van der Waals surface area (Å²) in [6.07, 6.45) is 7.29. The number of amides is 1. The topological polar surface area (TPSA) is 60.1 Å². The van der Waals surface area contributed by atoms with Gasteiger partial charge in [0, 0.05) is 30.9 Å². The van der Waals surface area contributed by atoms with Crippen LogP contribution in [-0.4, -0.2) is 22.0 Å². The number of aromatic nitrogens is 2. The highest BCUT2D eigenvalue weighted by Crippen LogP contribution is 2.20. The Kier molecular flexibility index (Phi) is 4.23. The van der Waals surface area contributed by atoms with Gasteiger partial charge in [0.2, 0.25) is 0 Å². The molecule has 0 aliphatic carbocycles.